The average Bonchev–Trinajstić information content (AvgIpc) is 3.11. The molecule has 1 saturated heterocycles. The van der Waals surface area contributed by atoms with Crippen LogP contribution in [-0.2, 0) is 14.8 Å². The summed E-state index contributed by atoms with van der Waals surface area (Å²) < 4.78 is 27.2. The first-order chi connectivity index (χ1) is 11.1. The van der Waals surface area contributed by atoms with Crippen molar-refractivity contribution < 1.29 is 13.2 Å². The molecule has 23 heavy (non-hydrogen) atoms. The number of hydrogen-bond acceptors (Lipinski definition) is 4. The summed E-state index contributed by atoms with van der Waals surface area (Å²) in [6, 6.07) is 11.7. The Labute approximate surface area is 140 Å². The van der Waals surface area contributed by atoms with Crippen molar-refractivity contribution in [3.05, 3.63) is 47.8 Å². The monoisotopic (exact) mass is 350 g/mol. The number of amides is 1. The minimum absolute atomic E-state index is 0.268. The fourth-order valence-corrected chi connectivity index (χ4v) is 5.50. The zero-order valence-corrected chi connectivity index (χ0v) is 14.1. The highest BCUT2D eigenvalue weighted by Gasteiger charge is 2.38. The Bertz CT molecular complexity index is 758. The summed E-state index contributed by atoms with van der Waals surface area (Å²) in [4.78, 5) is 12.6. The molecular formula is C16H18N2O3S2. The number of thiophene rings is 1. The van der Waals surface area contributed by atoms with E-state index in [-0.39, 0.29) is 10.1 Å². The second kappa shape index (κ2) is 6.82. The number of sulfonamides is 1. The molecule has 0 unspecified atom stereocenters. The van der Waals surface area contributed by atoms with Crippen LogP contribution in [0.5, 0.6) is 0 Å². The highest BCUT2D eigenvalue weighted by Crippen LogP contribution is 2.28. The maximum absolute atomic E-state index is 12.8. The molecule has 1 aliphatic rings. The highest BCUT2D eigenvalue weighted by molar-refractivity contribution is 7.91. The standard InChI is InChI=1S/C16H18N2O3S2/c19-16(17-13-7-2-1-3-8-13)14-9-4-5-11-18(14)23(20,21)15-10-6-12-22-15/h1-3,6-8,10,12,14H,4-5,9,11H2,(H,17,19)/t14-/m1/s1. The van der Waals surface area contributed by atoms with Crippen molar-refractivity contribution in [3.63, 3.8) is 0 Å². The molecule has 1 fully saturated rings. The molecule has 122 valence electrons. The molecule has 0 aliphatic carbocycles. The maximum Gasteiger partial charge on any atom is 0.253 e. The van der Waals surface area contributed by atoms with Gasteiger partial charge < -0.3 is 5.32 Å². The molecule has 2 aromatic rings. The lowest BCUT2D eigenvalue weighted by molar-refractivity contribution is -0.120. The van der Waals surface area contributed by atoms with Crippen molar-refractivity contribution in [1.29, 1.82) is 0 Å². The van der Waals surface area contributed by atoms with E-state index in [1.54, 1.807) is 29.6 Å². The third-order valence-corrected chi connectivity index (χ3v) is 7.14. The Morgan fingerprint density at radius 2 is 1.91 bits per heavy atom. The van der Waals surface area contributed by atoms with E-state index < -0.39 is 16.1 Å². The average molecular weight is 350 g/mol. The molecular weight excluding hydrogens is 332 g/mol. The van der Waals surface area contributed by atoms with Gasteiger partial charge in [0.15, 0.2) is 0 Å². The fraction of sp³-hybridized carbons (Fsp3) is 0.312. The van der Waals surface area contributed by atoms with Crippen molar-refractivity contribution in [2.45, 2.75) is 29.5 Å². The molecule has 3 rings (SSSR count). The van der Waals surface area contributed by atoms with Crippen LogP contribution in [-0.4, -0.2) is 31.2 Å². The second-order valence-corrected chi connectivity index (χ2v) is 8.48. The lowest BCUT2D eigenvalue weighted by Gasteiger charge is -2.33. The van der Waals surface area contributed by atoms with Crippen LogP contribution in [0.2, 0.25) is 0 Å². The van der Waals surface area contributed by atoms with Gasteiger partial charge in [-0.2, -0.15) is 4.31 Å². The van der Waals surface area contributed by atoms with E-state index in [2.05, 4.69) is 5.32 Å². The summed E-state index contributed by atoms with van der Waals surface area (Å²) in [7, 11) is -3.61. The number of nitrogens with one attached hydrogen (secondary N) is 1. The first-order valence-electron chi connectivity index (χ1n) is 7.50. The largest absolute Gasteiger partial charge is 0.325 e. The molecule has 1 aromatic heterocycles. The molecule has 0 saturated carbocycles. The Hall–Kier alpha value is -1.70. The van der Waals surface area contributed by atoms with Crippen molar-refractivity contribution in [3.8, 4) is 0 Å². The van der Waals surface area contributed by atoms with Gasteiger partial charge in [0.1, 0.15) is 10.3 Å². The van der Waals surface area contributed by atoms with Gasteiger partial charge in [-0.15, -0.1) is 11.3 Å². The number of nitrogens with zero attached hydrogens (tertiary/aromatic N) is 1. The van der Waals surface area contributed by atoms with E-state index in [9.17, 15) is 13.2 Å². The number of carbonyl (C=O) groups excluding carboxylic acids is 1. The molecule has 1 aliphatic heterocycles. The number of rotatable bonds is 4. The smallest absolute Gasteiger partial charge is 0.253 e. The number of para-hydroxylation sites is 1. The number of piperidine rings is 1. The molecule has 0 bridgehead atoms. The normalized spacial score (nSPS) is 19.4. The van der Waals surface area contributed by atoms with E-state index >= 15 is 0 Å². The van der Waals surface area contributed by atoms with Crippen molar-refractivity contribution in [2.24, 2.45) is 0 Å². The van der Waals surface area contributed by atoms with Crippen molar-refractivity contribution in [1.82, 2.24) is 4.31 Å². The minimum atomic E-state index is -3.61. The van der Waals surface area contributed by atoms with Crippen LogP contribution in [0.15, 0.2) is 52.1 Å². The molecule has 1 atom stereocenters. The zero-order chi connectivity index (χ0) is 16.3. The molecule has 1 amide bonds. The summed E-state index contributed by atoms with van der Waals surface area (Å²) >= 11 is 1.18. The molecule has 1 aromatic carbocycles. The Kier molecular flexibility index (Phi) is 4.79. The van der Waals surface area contributed by atoms with Crippen molar-refractivity contribution >= 4 is 33.0 Å². The molecule has 7 heteroatoms. The number of hydrogen-bond donors (Lipinski definition) is 1. The lowest BCUT2D eigenvalue weighted by atomic mass is 10.0. The molecule has 2 heterocycles. The summed E-state index contributed by atoms with van der Waals surface area (Å²) in [6.45, 7) is 0.382. The quantitative estimate of drug-likeness (QED) is 0.922. The Morgan fingerprint density at radius 3 is 2.61 bits per heavy atom. The number of anilines is 1. The Morgan fingerprint density at radius 1 is 1.13 bits per heavy atom. The van der Waals surface area contributed by atoms with Gasteiger partial charge in [0.2, 0.25) is 5.91 Å². The van der Waals surface area contributed by atoms with Crippen LogP contribution in [0.25, 0.3) is 0 Å². The van der Waals surface area contributed by atoms with Crippen LogP contribution in [0.3, 0.4) is 0 Å². The van der Waals surface area contributed by atoms with E-state index in [1.807, 2.05) is 18.2 Å². The first-order valence-corrected chi connectivity index (χ1v) is 9.82. The zero-order valence-electron chi connectivity index (χ0n) is 12.5. The van der Waals surface area contributed by atoms with Gasteiger partial charge in [-0.05, 0) is 36.4 Å². The van der Waals surface area contributed by atoms with Gasteiger partial charge in [0, 0.05) is 12.2 Å². The van der Waals surface area contributed by atoms with Gasteiger partial charge in [-0.1, -0.05) is 30.7 Å². The predicted molar refractivity (Wildman–Crippen MR) is 90.9 cm³/mol. The minimum Gasteiger partial charge on any atom is -0.325 e. The van der Waals surface area contributed by atoms with Gasteiger partial charge in [-0.3, -0.25) is 4.79 Å². The van der Waals surface area contributed by atoms with Crippen LogP contribution in [0.4, 0.5) is 5.69 Å². The fourth-order valence-electron chi connectivity index (χ4n) is 2.73. The van der Waals surface area contributed by atoms with Gasteiger partial charge in [-0.25, -0.2) is 8.42 Å². The summed E-state index contributed by atoms with van der Waals surface area (Å²) in [5.41, 5.74) is 0.677. The molecule has 0 spiro atoms. The summed E-state index contributed by atoms with van der Waals surface area (Å²) in [5, 5.41) is 4.55. The molecule has 1 N–H and O–H groups in total. The SMILES string of the molecule is O=C(Nc1ccccc1)[C@H]1CCCCN1S(=O)(=O)c1cccs1. The molecule has 5 nitrogen and oxygen atoms in total. The topological polar surface area (TPSA) is 66.5 Å². The second-order valence-electron chi connectivity index (χ2n) is 5.41. The molecule has 0 radical (unpaired) electrons. The van der Waals surface area contributed by atoms with E-state index in [0.717, 1.165) is 12.8 Å². The van der Waals surface area contributed by atoms with Crippen LogP contribution < -0.4 is 5.32 Å². The first kappa shape index (κ1) is 16.2. The summed E-state index contributed by atoms with van der Waals surface area (Å²) in [5.74, 6) is -0.268. The predicted octanol–water partition coefficient (Wildman–Crippen LogP) is 2.93. The number of carbonyl (C=O) groups is 1. The van der Waals surface area contributed by atoms with Gasteiger partial charge in [0.05, 0.1) is 0 Å². The van der Waals surface area contributed by atoms with Gasteiger partial charge in [0.25, 0.3) is 10.0 Å². The van der Waals surface area contributed by atoms with E-state index in [4.69, 9.17) is 0 Å². The summed E-state index contributed by atoms with van der Waals surface area (Å²) in [6.07, 6.45) is 2.17. The van der Waals surface area contributed by atoms with E-state index in [0.29, 0.717) is 18.7 Å². The van der Waals surface area contributed by atoms with Crippen LogP contribution in [0.1, 0.15) is 19.3 Å². The van der Waals surface area contributed by atoms with E-state index in [1.165, 1.54) is 15.6 Å². The third-order valence-electron chi connectivity index (χ3n) is 3.86. The Balaban J connectivity index is 1.83. The van der Waals surface area contributed by atoms with Gasteiger partial charge >= 0.3 is 0 Å². The third kappa shape index (κ3) is 3.46. The lowest BCUT2D eigenvalue weighted by Crippen LogP contribution is -2.49. The van der Waals surface area contributed by atoms with Crippen LogP contribution >= 0.6 is 11.3 Å². The highest BCUT2D eigenvalue weighted by atomic mass is 32.2. The van der Waals surface area contributed by atoms with Crippen LogP contribution in [0, 0.1) is 0 Å². The number of benzene rings is 1. The maximum atomic E-state index is 12.8. The van der Waals surface area contributed by atoms with Crippen molar-refractivity contribution in [2.75, 3.05) is 11.9 Å².